The number of rotatable bonds is 7. The first-order valence-corrected chi connectivity index (χ1v) is 6.74. The van der Waals surface area contributed by atoms with Crippen LogP contribution in [0.15, 0.2) is 28.7 Å². The van der Waals surface area contributed by atoms with Crippen molar-refractivity contribution in [2.24, 2.45) is 11.7 Å². The van der Waals surface area contributed by atoms with Crippen molar-refractivity contribution in [3.8, 4) is 0 Å². The highest BCUT2D eigenvalue weighted by Crippen LogP contribution is 2.15. The van der Waals surface area contributed by atoms with Crippen LogP contribution in [0.5, 0.6) is 0 Å². The summed E-state index contributed by atoms with van der Waals surface area (Å²) in [6.45, 7) is 5.68. The molecule has 0 saturated heterocycles. The zero-order valence-corrected chi connectivity index (χ0v) is 12.1. The lowest BCUT2D eigenvalue weighted by molar-refractivity contribution is 0.100. The molecule has 21 heavy (non-hydrogen) atoms. The van der Waals surface area contributed by atoms with Crippen molar-refractivity contribution >= 4 is 17.6 Å². The first-order valence-electron chi connectivity index (χ1n) is 6.74. The third-order valence-electron chi connectivity index (χ3n) is 2.72. The number of benzene rings is 1. The monoisotopic (exact) mass is 289 g/mol. The van der Waals surface area contributed by atoms with Gasteiger partial charge in [-0.2, -0.15) is 0 Å². The molecule has 0 aliphatic heterocycles. The van der Waals surface area contributed by atoms with Gasteiger partial charge in [-0.1, -0.05) is 18.9 Å². The lowest BCUT2D eigenvalue weighted by Crippen LogP contribution is -2.19. The molecule has 2 aromatic rings. The minimum absolute atomic E-state index is 0.308. The average molecular weight is 289 g/mol. The second-order valence-corrected chi connectivity index (χ2v) is 5.09. The van der Waals surface area contributed by atoms with Crippen LogP contribution in [0.25, 0.3) is 0 Å². The van der Waals surface area contributed by atoms with E-state index in [1.165, 1.54) is 0 Å². The lowest BCUT2D eigenvalue weighted by atomic mass is 10.2. The maximum Gasteiger partial charge on any atom is 0.320 e. The Morgan fingerprint density at radius 2 is 2.00 bits per heavy atom. The van der Waals surface area contributed by atoms with Crippen molar-refractivity contribution in [2.75, 3.05) is 11.9 Å². The molecule has 0 bridgehead atoms. The molecule has 1 heterocycles. The van der Waals surface area contributed by atoms with Crippen LogP contribution < -0.4 is 16.4 Å². The number of carbonyl (C=O) groups is 1. The zero-order valence-electron chi connectivity index (χ0n) is 12.1. The number of anilines is 2. The predicted molar refractivity (Wildman–Crippen MR) is 79.1 cm³/mol. The topological polar surface area (TPSA) is 106 Å². The number of nitrogens with one attached hydrogen (secondary N) is 2. The van der Waals surface area contributed by atoms with E-state index in [-0.39, 0.29) is 0 Å². The molecule has 0 aliphatic carbocycles. The molecule has 0 aliphatic rings. The largest absolute Gasteiger partial charge is 0.406 e. The first-order chi connectivity index (χ1) is 10.0. The number of hydrogen-bond acceptors (Lipinski definition) is 6. The van der Waals surface area contributed by atoms with Gasteiger partial charge in [-0.3, -0.25) is 4.79 Å². The van der Waals surface area contributed by atoms with E-state index in [1.807, 2.05) is 0 Å². The summed E-state index contributed by atoms with van der Waals surface area (Å²) in [4.78, 5) is 11.0. The van der Waals surface area contributed by atoms with E-state index in [0.717, 1.165) is 12.2 Å². The molecule has 7 nitrogen and oxygen atoms in total. The molecule has 2 rings (SSSR count). The number of aromatic nitrogens is 2. The van der Waals surface area contributed by atoms with Crippen LogP contribution in [0.1, 0.15) is 30.1 Å². The molecular weight excluding hydrogens is 270 g/mol. The van der Waals surface area contributed by atoms with Crippen LogP contribution in [-0.4, -0.2) is 22.6 Å². The summed E-state index contributed by atoms with van der Waals surface area (Å²) < 4.78 is 5.46. The van der Waals surface area contributed by atoms with Crippen LogP contribution >= 0.6 is 0 Å². The van der Waals surface area contributed by atoms with Gasteiger partial charge in [-0.05, 0) is 36.7 Å². The van der Waals surface area contributed by atoms with Crippen molar-refractivity contribution in [3.05, 3.63) is 35.7 Å². The molecule has 112 valence electrons. The molecule has 0 radical (unpaired) electrons. The fourth-order valence-corrected chi connectivity index (χ4v) is 1.68. The van der Waals surface area contributed by atoms with Crippen LogP contribution in [0.4, 0.5) is 11.7 Å². The molecule has 0 unspecified atom stereocenters. The van der Waals surface area contributed by atoms with E-state index in [2.05, 4.69) is 34.7 Å². The zero-order chi connectivity index (χ0) is 15.2. The molecule has 0 spiro atoms. The Labute approximate surface area is 122 Å². The Hall–Kier alpha value is -2.41. The maximum absolute atomic E-state index is 11.0. The Balaban J connectivity index is 1.91. The van der Waals surface area contributed by atoms with E-state index in [0.29, 0.717) is 29.9 Å². The summed E-state index contributed by atoms with van der Waals surface area (Å²) in [7, 11) is 0. The summed E-state index contributed by atoms with van der Waals surface area (Å²) in [6.07, 6.45) is 0. The van der Waals surface area contributed by atoms with Gasteiger partial charge in [0.1, 0.15) is 0 Å². The summed E-state index contributed by atoms with van der Waals surface area (Å²) in [5, 5.41) is 14.0. The molecule has 1 aromatic heterocycles. The van der Waals surface area contributed by atoms with Gasteiger partial charge in [-0.25, -0.2) is 0 Å². The van der Waals surface area contributed by atoms with Crippen molar-refractivity contribution in [1.82, 2.24) is 15.5 Å². The van der Waals surface area contributed by atoms with E-state index in [1.54, 1.807) is 24.3 Å². The van der Waals surface area contributed by atoms with Crippen molar-refractivity contribution in [1.29, 1.82) is 0 Å². The Bertz CT molecular complexity index is 592. The minimum Gasteiger partial charge on any atom is -0.406 e. The highest BCUT2D eigenvalue weighted by Gasteiger charge is 2.07. The molecule has 1 amide bonds. The van der Waals surface area contributed by atoms with Gasteiger partial charge < -0.3 is 20.8 Å². The third kappa shape index (κ3) is 4.57. The highest BCUT2D eigenvalue weighted by atomic mass is 16.4. The molecule has 1 aromatic carbocycles. The summed E-state index contributed by atoms with van der Waals surface area (Å²) in [6, 6.07) is 7.02. The van der Waals surface area contributed by atoms with Gasteiger partial charge in [0.15, 0.2) is 0 Å². The van der Waals surface area contributed by atoms with Crippen LogP contribution in [-0.2, 0) is 6.54 Å². The van der Waals surface area contributed by atoms with Gasteiger partial charge >= 0.3 is 6.01 Å². The normalized spacial score (nSPS) is 10.8. The molecule has 0 fully saturated rings. The van der Waals surface area contributed by atoms with Gasteiger partial charge in [0.25, 0.3) is 0 Å². The number of hydrogen-bond donors (Lipinski definition) is 3. The van der Waals surface area contributed by atoms with Crippen molar-refractivity contribution in [3.63, 3.8) is 0 Å². The van der Waals surface area contributed by atoms with Gasteiger partial charge in [-0.15, -0.1) is 5.10 Å². The molecule has 7 heteroatoms. The van der Waals surface area contributed by atoms with E-state index < -0.39 is 5.91 Å². The van der Waals surface area contributed by atoms with Crippen LogP contribution in [0.2, 0.25) is 0 Å². The quantitative estimate of drug-likeness (QED) is 0.715. The molecule has 0 saturated carbocycles. The predicted octanol–water partition coefficient (Wildman–Crippen LogP) is 1.66. The minimum atomic E-state index is -0.460. The fraction of sp³-hybridized carbons (Fsp3) is 0.357. The lowest BCUT2D eigenvalue weighted by Gasteiger charge is -2.04. The SMILES string of the molecule is CC(C)CNCc1nnc(Nc2ccc(C(N)=O)cc2)o1. The van der Waals surface area contributed by atoms with E-state index in [9.17, 15) is 4.79 Å². The first kappa shape index (κ1) is 15.0. The van der Waals surface area contributed by atoms with Gasteiger partial charge in [0.2, 0.25) is 11.8 Å². The maximum atomic E-state index is 11.0. The Morgan fingerprint density at radius 1 is 1.29 bits per heavy atom. The van der Waals surface area contributed by atoms with Gasteiger partial charge in [0, 0.05) is 11.3 Å². The number of nitrogens with two attached hydrogens (primary N) is 1. The number of amides is 1. The third-order valence-corrected chi connectivity index (χ3v) is 2.72. The summed E-state index contributed by atoms with van der Waals surface area (Å²) in [5.41, 5.74) is 6.37. The molecule has 0 atom stereocenters. The average Bonchev–Trinajstić information content (AvgIpc) is 2.86. The summed E-state index contributed by atoms with van der Waals surface area (Å²) in [5.74, 6) is 0.624. The van der Waals surface area contributed by atoms with Crippen LogP contribution in [0.3, 0.4) is 0 Å². The standard InChI is InChI=1S/C14H19N5O2/c1-9(2)7-16-8-12-18-19-14(21-12)17-11-5-3-10(4-6-11)13(15)20/h3-6,9,16H,7-8H2,1-2H3,(H2,15,20)(H,17,19). The van der Waals surface area contributed by atoms with Gasteiger partial charge in [0.05, 0.1) is 6.54 Å². The number of primary amides is 1. The van der Waals surface area contributed by atoms with E-state index in [4.69, 9.17) is 10.2 Å². The highest BCUT2D eigenvalue weighted by molar-refractivity contribution is 5.93. The molecule has 4 N–H and O–H groups in total. The smallest absolute Gasteiger partial charge is 0.320 e. The second kappa shape index (κ2) is 6.85. The Kier molecular flexibility index (Phi) is 4.89. The van der Waals surface area contributed by atoms with Crippen LogP contribution in [0, 0.1) is 5.92 Å². The molecular formula is C14H19N5O2. The number of nitrogens with zero attached hydrogens (tertiary/aromatic N) is 2. The van der Waals surface area contributed by atoms with E-state index >= 15 is 0 Å². The number of carbonyl (C=O) groups excluding carboxylic acids is 1. The fourth-order valence-electron chi connectivity index (χ4n) is 1.68. The second-order valence-electron chi connectivity index (χ2n) is 5.09. The summed E-state index contributed by atoms with van der Waals surface area (Å²) >= 11 is 0. The van der Waals surface area contributed by atoms with Crippen molar-refractivity contribution < 1.29 is 9.21 Å². The Morgan fingerprint density at radius 3 is 2.62 bits per heavy atom. The van der Waals surface area contributed by atoms with Crippen molar-refractivity contribution in [2.45, 2.75) is 20.4 Å².